The maximum absolute atomic E-state index is 5.95. The van der Waals surface area contributed by atoms with Gasteiger partial charge in [-0.3, -0.25) is 0 Å². The van der Waals surface area contributed by atoms with Crippen LogP contribution in [0, 0.1) is 0 Å². The summed E-state index contributed by atoms with van der Waals surface area (Å²) in [6, 6.07) is 18.2. The van der Waals surface area contributed by atoms with Crippen LogP contribution in [0.25, 0.3) is 9.81 Å². The Hall–Kier alpha value is -1.00. The quantitative estimate of drug-likeness (QED) is 0.450. The van der Waals surface area contributed by atoms with Crippen LogP contribution in [0.5, 0.6) is 0 Å². The van der Waals surface area contributed by atoms with E-state index < -0.39 is 0 Å². The topological polar surface area (TPSA) is 0 Å². The SMILES string of the molecule is S=C1C=C(c2ccccc2)SSC(c2ccc(Cl)cc2)=C1. The smallest absolute Gasteiger partial charge is 0.0406 e. The molecule has 3 rings (SSSR count). The standard InChI is InChI=1S/C17H11ClS3/c18-14-8-6-13(7-9-14)17-11-15(19)10-16(20-21-17)12-4-2-1-3-5-12/h1-11H. The van der Waals surface area contributed by atoms with Crippen molar-refractivity contribution < 1.29 is 0 Å². The molecular weight excluding hydrogens is 336 g/mol. The highest BCUT2D eigenvalue weighted by atomic mass is 35.5. The number of thiocarbonyl (C=S) groups is 1. The molecule has 0 radical (unpaired) electrons. The molecule has 0 atom stereocenters. The fourth-order valence-corrected chi connectivity index (χ4v) is 4.83. The normalized spacial score (nSPS) is 15.2. The molecule has 0 saturated heterocycles. The Morgan fingerprint density at radius 2 is 1.24 bits per heavy atom. The van der Waals surface area contributed by atoms with Crippen LogP contribution in [0.15, 0.2) is 66.7 Å². The van der Waals surface area contributed by atoms with Crippen molar-refractivity contribution >= 4 is 60.1 Å². The third-order valence-electron chi connectivity index (χ3n) is 2.95. The van der Waals surface area contributed by atoms with Crippen molar-refractivity contribution in [2.24, 2.45) is 0 Å². The first-order chi connectivity index (χ1) is 10.2. The Bertz CT molecular complexity index is 715. The lowest BCUT2D eigenvalue weighted by Crippen LogP contribution is -1.85. The van der Waals surface area contributed by atoms with Crippen LogP contribution in [0.1, 0.15) is 11.1 Å². The summed E-state index contributed by atoms with van der Waals surface area (Å²) in [4.78, 5) is 3.19. The van der Waals surface area contributed by atoms with Crippen LogP contribution < -0.4 is 0 Å². The summed E-state index contributed by atoms with van der Waals surface area (Å²) in [5, 5.41) is 0.747. The molecule has 0 bridgehead atoms. The summed E-state index contributed by atoms with van der Waals surface area (Å²) in [7, 11) is 3.47. The predicted molar refractivity (Wildman–Crippen MR) is 102 cm³/mol. The molecule has 0 nitrogen and oxygen atoms in total. The molecule has 0 saturated carbocycles. The molecule has 1 heterocycles. The fourth-order valence-electron chi connectivity index (χ4n) is 1.92. The molecule has 21 heavy (non-hydrogen) atoms. The maximum atomic E-state index is 5.95. The molecule has 0 amide bonds. The minimum atomic E-state index is 0.747. The average Bonchev–Trinajstić information content (AvgIpc) is 2.71. The van der Waals surface area contributed by atoms with E-state index in [2.05, 4.69) is 18.2 Å². The predicted octanol–water partition coefficient (Wildman–Crippen LogP) is 6.49. The van der Waals surface area contributed by atoms with E-state index in [9.17, 15) is 0 Å². The Balaban J connectivity index is 1.86. The zero-order chi connectivity index (χ0) is 14.7. The van der Waals surface area contributed by atoms with Gasteiger partial charge < -0.3 is 0 Å². The summed E-state index contributed by atoms with van der Waals surface area (Å²) in [5.41, 5.74) is 2.34. The first-order valence-electron chi connectivity index (χ1n) is 6.35. The summed E-state index contributed by atoms with van der Waals surface area (Å²) >= 11 is 11.4. The Kier molecular flexibility index (Phi) is 4.86. The summed E-state index contributed by atoms with van der Waals surface area (Å²) in [6.07, 6.45) is 4.11. The van der Waals surface area contributed by atoms with Crippen molar-refractivity contribution in [1.82, 2.24) is 0 Å². The molecule has 4 heteroatoms. The molecule has 0 fully saturated rings. The van der Waals surface area contributed by atoms with Gasteiger partial charge in [-0.1, -0.05) is 87.9 Å². The number of allylic oxidation sites excluding steroid dienone is 2. The number of hydrogen-bond acceptors (Lipinski definition) is 3. The molecule has 2 aromatic carbocycles. The van der Waals surface area contributed by atoms with Gasteiger partial charge in [0.2, 0.25) is 0 Å². The van der Waals surface area contributed by atoms with Crippen molar-refractivity contribution in [1.29, 1.82) is 0 Å². The molecule has 104 valence electrons. The Morgan fingerprint density at radius 3 is 1.81 bits per heavy atom. The summed E-state index contributed by atoms with van der Waals surface area (Å²) in [5.74, 6) is 0. The highest BCUT2D eigenvalue weighted by molar-refractivity contribution is 8.83. The lowest BCUT2D eigenvalue weighted by atomic mass is 10.1. The van der Waals surface area contributed by atoms with E-state index in [0.717, 1.165) is 20.4 Å². The van der Waals surface area contributed by atoms with Gasteiger partial charge in [0.15, 0.2) is 0 Å². The Labute approximate surface area is 142 Å². The van der Waals surface area contributed by atoms with Crippen molar-refractivity contribution in [2.75, 3.05) is 0 Å². The van der Waals surface area contributed by atoms with E-state index in [1.54, 1.807) is 21.6 Å². The zero-order valence-corrected chi connectivity index (χ0v) is 14.2. The van der Waals surface area contributed by atoms with E-state index in [4.69, 9.17) is 23.8 Å². The molecule has 0 aromatic heterocycles. The molecule has 0 aliphatic carbocycles. The number of rotatable bonds is 2. The number of halogens is 1. The number of benzene rings is 2. The first kappa shape index (κ1) is 14.9. The highest BCUT2D eigenvalue weighted by Crippen LogP contribution is 2.47. The minimum absolute atomic E-state index is 0.747. The van der Waals surface area contributed by atoms with Crippen LogP contribution >= 0.6 is 45.4 Å². The van der Waals surface area contributed by atoms with E-state index in [0.29, 0.717) is 0 Å². The van der Waals surface area contributed by atoms with Crippen LogP contribution in [-0.2, 0) is 0 Å². The lowest BCUT2D eigenvalue weighted by Gasteiger charge is -2.07. The van der Waals surface area contributed by atoms with Gasteiger partial charge in [0.05, 0.1) is 0 Å². The maximum Gasteiger partial charge on any atom is 0.0406 e. The second kappa shape index (κ2) is 6.84. The molecule has 2 aromatic rings. The molecule has 0 spiro atoms. The third-order valence-corrected chi connectivity index (χ3v) is 5.92. The van der Waals surface area contributed by atoms with Crippen LogP contribution in [0.2, 0.25) is 5.02 Å². The van der Waals surface area contributed by atoms with Crippen molar-refractivity contribution in [2.45, 2.75) is 0 Å². The largest absolute Gasteiger partial charge is 0.0843 e. The van der Waals surface area contributed by atoms with Gasteiger partial charge in [-0.25, -0.2) is 0 Å². The van der Waals surface area contributed by atoms with E-state index in [1.807, 2.05) is 48.5 Å². The molecule has 0 N–H and O–H groups in total. The van der Waals surface area contributed by atoms with Crippen molar-refractivity contribution in [3.05, 3.63) is 82.9 Å². The minimum Gasteiger partial charge on any atom is -0.0843 e. The second-order valence-corrected chi connectivity index (χ2v) is 7.58. The van der Waals surface area contributed by atoms with Gasteiger partial charge >= 0.3 is 0 Å². The molecule has 1 aliphatic heterocycles. The van der Waals surface area contributed by atoms with Crippen LogP contribution in [0.4, 0.5) is 0 Å². The molecule has 1 aliphatic rings. The van der Waals surface area contributed by atoms with E-state index in [-0.39, 0.29) is 0 Å². The van der Waals surface area contributed by atoms with Gasteiger partial charge in [-0.2, -0.15) is 0 Å². The number of hydrogen-bond donors (Lipinski definition) is 0. The van der Waals surface area contributed by atoms with E-state index >= 15 is 0 Å². The average molecular weight is 347 g/mol. The third kappa shape index (κ3) is 3.80. The second-order valence-electron chi connectivity index (χ2n) is 4.46. The van der Waals surface area contributed by atoms with Crippen molar-refractivity contribution in [3.63, 3.8) is 0 Å². The zero-order valence-electron chi connectivity index (χ0n) is 11.0. The highest BCUT2D eigenvalue weighted by Gasteiger charge is 2.12. The first-order valence-corrected chi connectivity index (χ1v) is 9.29. The van der Waals surface area contributed by atoms with Gasteiger partial charge in [0, 0.05) is 19.7 Å². The molecule has 0 unspecified atom stereocenters. The lowest BCUT2D eigenvalue weighted by molar-refractivity contribution is 1.65. The van der Waals surface area contributed by atoms with Gasteiger partial charge in [-0.15, -0.1) is 0 Å². The molecular formula is C17H11ClS3. The van der Waals surface area contributed by atoms with Gasteiger partial charge in [-0.05, 0) is 35.4 Å². The van der Waals surface area contributed by atoms with Gasteiger partial charge in [0.1, 0.15) is 0 Å². The monoisotopic (exact) mass is 346 g/mol. The van der Waals surface area contributed by atoms with Crippen molar-refractivity contribution in [3.8, 4) is 0 Å². The van der Waals surface area contributed by atoms with Crippen LogP contribution in [0.3, 0.4) is 0 Å². The fraction of sp³-hybridized carbons (Fsp3) is 0. The summed E-state index contributed by atoms with van der Waals surface area (Å²) in [6.45, 7) is 0. The van der Waals surface area contributed by atoms with Crippen LogP contribution in [-0.4, -0.2) is 4.86 Å². The Morgan fingerprint density at radius 1 is 0.714 bits per heavy atom. The van der Waals surface area contributed by atoms with E-state index in [1.165, 1.54) is 10.5 Å². The van der Waals surface area contributed by atoms with Gasteiger partial charge in [0.25, 0.3) is 0 Å². The summed E-state index contributed by atoms with van der Waals surface area (Å²) < 4.78 is 0.